The molecule has 5 heteroatoms. The van der Waals surface area contributed by atoms with Gasteiger partial charge in [0.2, 0.25) is 5.88 Å². The monoisotopic (exact) mass is 273 g/mol. The van der Waals surface area contributed by atoms with Crippen LogP contribution >= 0.6 is 0 Å². The number of aromatic nitrogens is 1. The number of pyridine rings is 1. The summed E-state index contributed by atoms with van der Waals surface area (Å²) in [6.45, 7) is 8.31. The standard InChI is InChI=1S/C15H19N3O2/c1-5-18-9(4)6-11-13(15(18)19)12(8(2)3)10(7-16)14(17)20-11/h6,8,12H,5,17H2,1-4H3/t12-/m0/s1. The van der Waals surface area contributed by atoms with E-state index in [4.69, 9.17) is 10.5 Å². The minimum absolute atomic E-state index is 0.0894. The maximum Gasteiger partial charge on any atom is 0.258 e. The van der Waals surface area contributed by atoms with Crippen molar-refractivity contribution in [1.82, 2.24) is 4.57 Å². The first-order valence-corrected chi connectivity index (χ1v) is 6.74. The largest absolute Gasteiger partial charge is 0.440 e. The molecular formula is C15H19N3O2. The van der Waals surface area contributed by atoms with E-state index < -0.39 is 0 Å². The van der Waals surface area contributed by atoms with Gasteiger partial charge in [-0.2, -0.15) is 5.26 Å². The van der Waals surface area contributed by atoms with Crippen molar-refractivity contribution in [2.45, 2.75) is 40.2 Å². The van der Waals surface area contributed by atoms with Gasteiger partial charge in [-0.3, -0.25) is 4.79 Å². The average molecular weight is 273 g/mol. The quantitative estimate of drug-likeness (QED) is 0.893. The molecule has 0 spiro atoms. The highest BCUT2D eigenvalue weighted by Crippen LogP contribution is 2.40. The molecule has 0 amide bonds. The number of rotatable bonds is 2. The van der Waals surface area contributed by atoms with Crippen LogP contribution in [0.2, 0.25) is 0 Å². The van der Waals surface area contributed by atoms with Gasteiger partial charge in [0.05, 0.1) is 11.1 Å². The van der Waals surface area contributed by atoms with Crippen molar-refractivity contribution in [3.05, 3.63) is 39.1 Å². The lowest BCUT2D eigenvalue weighted by Gasteiger charge is -2.29. The molecule has 0 fully saturated rings. The second kappa shape index (κ2) is 5.04. The Morgan fingerprint density at radius 1 is 1.55 bits per heavy atom. The Hall–Kier alpha value is -2.22. The van der Waals surface area contributed by atoms with Gasteiger partial charge in [0, 0.05) is 24.2 Å². The van der Waals surface area contributed by atoms with Crippen LogP contribution in [-0.2, 0) is 6.54 Å². The van der Waals surface area contributed by atoms with E-state index in [2.05, 4.69) is 6.07 Å². The molecule has 0 saturated carbocycles. The molecule has 0 unspecified atom stereocenters. The van der Waals surface area contributed by atoms with E-state index >= 15 is 0 Å². The molecule has 2 rings (SSSR count). The van der Waals surface area contributed by atoms with Crippen molar-refractivity contribution in [2.75, 3.05) is 0 Å². The summed E-state index contributed by atoms with van der Waals surface area (Å²) in [6, 6.07) is 3.90. The highest BCUT2D eigenvalue weighted by Gasteiger charge is 2.34. The van der Waals surface area contributed by atoms with Crippen molar-refractivity contribution in [2.24, 2.45) is 11.7 Å². The number of nitrogens with two attached hydrogens (primary N) is 1. The van der Waals surface area contributed by atoms with Crippen LogP contribution in [0, 0.1) is 24.2 Å². The Morgan fingerprint density at radius 3 is 2.70 bits per heavy atom. The predicted molar refractivity (Wildman–Crippen MR) is 76.1 cm³/mol. The van der Waals surface area contributed by atoms with Crippen molar-refractivity contribution >= 4 is 0 Å². The van der Waals surface area contributed by atoms with Gasteiger partial charge >= 0.3 is 0 Å². The molecule has 5 nitrogen and oxygen atoms in total. The molecule has 0 aliphatic carbocycles. The lowest BCUT2D eigenvalue weighted by molar-refractivity contribution is 0.366. The zero-order chi connectivity index (χ0) is 15.0. The smallest absolute Gasteiger partial charge is 0.258 e. The van der Waals surface area contributed by atoms with E-state index in [1.807, 2.05) is 33.8 Å². The molecule has 1 aliphatic heterocycles. The summed E-state index contributed by atoms with van der Waals surface area (Å²) in [5, 5.41) is 9.30. The Labute approximate surface area is 118 Å². The third-order valence-corrected chi connectivity index (χ3v) is 3.72. The van der Waals surface area contributed by atoms with Gasteiger partial charge < -0.3 is 15.0 Å². The average Bonchev–Trinajstić information content (AvgIpc) is 2.37. The predicted octanol–water partition coefficient (Wildman–Crippen LogP) is 2.00. The van der Waals surface area contributed by atoms with E-state index in [0.717, 1.165) is 5.69 Å². The van der Waals surface area contributed by atoms with Crippen LogP contribution in [0.25, 0.3) is 0 Å². The van der Waals surface area contributed by atoms with Crippen LogP contribution in [0.1, 0.15) is 37.9 Å². The van der Waals surface area contributed by atoms with E-state index in [1.165, 1.54) is 0 Å². The van der Waals surface area contributed by atoms with Crippen LogP contribution in [0.4, 0.5) is 0 Å². The number of nitrogens with zero attached hydrogens (tertiary/aromatic N) is 2. The summed E-state index contributed by atoms with van der Waals surface area (Å²) in [4.78, 5) is 12.7. The number of aryl methyl sites for hydroxylation is 1. The fraction of sp³-hybridized carbons (Fsp3) is 0.467. The van der Waals surface area contributed by atoms with Crippen molar-refractivity contribution < 1.29 is 4.74 Å². The second-order valence-electron chi connectivity index (χ2n) is 5.33. The molecule has 0 radical (unpaired) electrons. The van der Waals surface area contributed by atoms with Crippen molar-refractivity contribution in [3.8, 4) is 11.8 Å². The number of allylic oxidation sites excluding steroid dienone is 1. The SMILES string of the molecule is CCn1c(C)cc2c(c1=O)[C@@H](C(C)C)C(C#N)=C(N)O2. The zero-order valence-corrected chi connectivity index (χ0v) is 12.2. The van der Waals surface area contributed by atoms with Gasteiger partial charge in [-0.25, -0.2) is 0 Å². The van der Waals surface area contributed by atoms with Crippen LogP contribution in [0.5, 0.6) is 5.75 Å². The Balaban J connectivity index is 2.79. The van der Waals surface area contributed by atoms with E-state index in [9.17, 15) is 10.1 Å². The summed E-state index contributed by atoms with van der Waals surface area (Å²) < 4.78 is 7.19. The minimum atomic E-state index is -0.311. The summed E-state index contributed by atoms with van der Waals surface area (Å²) in [5.41, 5.74) is 7.44. The van der Waals surface area contributed by atoms with E-state index in [0.29, 0.717) is 23.4 Å². The Bertz CT molecular complexity index is 678. The molecule has 0 saturated heterocycles. The fourth-order valence-corrected chi connectivity index (χ4v) is 2.78. The molecule has 2 N–H and O–H groups in total. The van der Waals surface area contributed by atoms with Gasteiger partial charge in [-0.1, -0.05) is 13.8 Å². The fourth-order valence-electron chi connectivity index (χ4n) is 2.78. The molecular weight excluding hydrogens is 254 g/mol. The number of nitriles is 1. The Kier molecular flexibility index (Phi) is 3.58. The highest BCUT2D eigenvalue weighted by atomic mass is 16.5. The topological polar surface area (TPSA) is 81.0 Å². The zero-order valence-electron chi connectivity index (χ0n) is 12.2. The van der Waals surface area contributed by atoms with Gasteiger partial charge in [0.25, 0.3) is 5.56 Å². The molecule has 1 aromatic rings. The van der Waals surface area contributed by atoms with Gasteiger partial charge in [-0.15, -0.1) is 0 Å². The first-order chi connectivity index (χ1) is 9.42. The molecule has 106 valence electrons. The lowest BCUT2D eigenvalue weighted by atomic mass is 9.81. The van der Waals surface area contributed by atoms with Crippen LogP contribution in [0.3, 0.4) is 0 Å². The van der Waals surface area contributed by atoms with Crippen molar-refractivity contribution in [1.29, 1.82) is 5.26 Å². The Morgan fingerprint density at radius 2 is 2.20 bits per heavy atom. The number of fused-ring (bicyclic) bond motifs is 1. The van der Waals surface area contributed by atoms with Gasteiger partial charge in [0.1, 0.15) is 11.8 Å². The molecule has 2 heterocycles. The number of hydrogen-bond donors (Lipinski definition) is 1. The van der Waals surface area contributed by atoms with Crippen molar-refractivity contribution in [3.63, 3.8) is 0 Å². The molecule has 1 aliphatic rings. The highest BCUT2D eigenvalue weighted by molar-refractivity contribution is 5.49. The summed E-state index contributed by atoms with van der Waals surface area (Å²) in [7, 11) is 0. The summed E-state index contributed by atoms with van der Waals surface area (Å²) >= 11 is 0. The first-order valence-electron chi connectivity index (χ1n) is 6.74. The first kappa shape index (κ1) is 14.2. The number of hydrogen-bond acceptors (Lipinski definition) is 4. The van der Waals surface area contributed by atoms with E-state index in [-0.39, 0.29) is 23.3 Å². The van der Waals surface area contributed by atoms with E-state index in [1.54, 1.807) is 4.57 Å². The molecule has 0 bridgehead atoms. The number of ether oxygens (including phenoxy) is 1. The lowest BCUT2D eigenvalue weighted by Crippen LogP contribution is -2.33. The molecule has 20 heavy (non-hydrogen) atoms. The molecule has 0 aromatic carbocycles. The third-order valence-electron chi connectivity index (χ3n) is 3.72. The van der Waals surface area contributed by atoms with Crippen LogP contribution in [0.15, 0.2) is 22.3 Å². The molecule has 1 atom stereocenters. The molecule has 1 aromatic heterocycles. The van der Waals surface area contributed by atoms with Gasteiger partial charge in [0.15, 0.2) is 0 Å². The maximum absolute atomic E-state index is 12.7. The van der Waals surface area contributed by atoms with Gasteiger partial charge in [-0.05, 0) is 19.8 Å². The second-order valence-corrected chi connectivity index (χ2v) is 5.33. The maximum atomic E-state index is 12.7. The normalized spacial score (nSPS) is 17.7. The summed E-state index contributed by atoms with van der Waals surface area (Å²) in [6.07, 6.45) is 0. The van der Waals surface area contributed by atoms with Crippen LogP contribution in [-0.4, -0.2) is 4.57 Å². The minimum Gasteiger partial charge on any atom is -0.440 e. The summed E-state index contributed by atoms with van der Waals surface area (Å²) in [5.74, 6) is 0.361. The third kappa shape index (κ3) is 1.97. The van der Waals surface area contributed by atoms with Crippen LogP contribution < -0.4 is 16.0 Å².